The number of piperazine rings is 1. The van der Waals surface area contributed by atoms with Gasteiger partial charge in [-0.15, -0.1) is 0 Å². The Morgan fingerprint density at radius 2 is 2.00 bits per heavy atom. The summed E-state index contributed by atoms with van der Waals surface area (Å²) >= 11 is 0. The lowest BCUT2D eigenvalue weighted by atomic mass is 9.53. The Kier molecular flexibility index (Phi) is 4.81. The highest BCUT2D eigenvalue weighted by molar-refractivity contribution is 5.75. The van der Waals surface area contributed by atoms with E-state index in [4.69, 9.17) is 14.2 Å². The maximum atomic E-state index is 12.8. The standard InChI is InChI=1S/C22H34N2O5/c1-3-27-20(26)24-9-7-23(8-10-24)13-16-15-11-18-21(2,12-17(15)29-19(16)25)5-4-6-22(18)14-28-22/h15-18H,3-14H2,1-2H3/t15-,16-,17-,18-,21-,22-/m1/s1. The summed E-state index contributed by atoms with van der Waals surface area (Å²) in [6, 6.07) is 0. The van der Waals surface area contributed by atoms with Crippen LogP contribution >= 0.6 is 0 Å². The zero-order valence-electron chi connectivity index (χ0n) is 17.7. The molecule has 29 heavy (non-hydrogen) atoms. The second-order valence-electron chi connectivity index (χ2n) is 10.1. The van der Waals surface area contributed by atoms with Gasteiger partial charge in [0.05, 0.1) is 24.7 Å². The predicted molar refractivity (Wildman–Crippen MR) is 105 cm³/mol. The molecule has 2 saturated carbocycles. The van der Waals surface area contributed by atoms with Gasteiger partial charge in [-0.3, -0.25) is 9.69 Å². The van der Waals surface area contributed by atoms with E-state index in [-0.39, 0.29) is 35.1 Å². The van der Waals surface area contributed by atoms with E-state index < -0.39 is 0 Å². The molecule has 3 heterocycles. The molecule has 3 aliphatic heterocycles. The SMILES string of the molecule is CCOC(=O)N1CCN(C[C@H]2C(=O)O[C@@H]3C[C@@]4(C)CCC[C@@]5(CO5)[C@@H]4C[C@@H]32)CC1. The minimum Gasteiger partial charge on any atom is -0.462 e. The van der Waals surface area contributed by atoms with Gasteiger partial charge in [0.15, 0.2) is 0 Å². The molecule has 3 saturated heterocycles. The van der Waals surface area contributed by atoms with E-state index >= 15 is 0 Å². The maximum absolute atomic E-state index is 12.8. The fourth-order valence-electron chi connectivity index (χ4n) is 6.77. The van der Waals surface area contributed by atoms with Gasteiger partial charge in [-0.1, -0.05) is 6.92 Å². The molecule has 0 bridgehead atoms. The van der Waals surface area contributed by atoms with E-state index in [2.05, 4.69) is 11.8 Å². The Labute approximate surface area is 173 Å². The number of carbonyl (C=O) groups is 2. The third-order valence-electron chi connectivity index (χ3n) is 8.43. The van der Waals surface area contributed by atoms with Gasteiger partial charge in [-0.25, -0.2) is 4.79 Å². The van der Waals surface area contributed by atoms with Gasteiger partial charge < -0.3 is 19.1 Å². The number of nitrogens with zero attached hydrogens (tertiary/aromatic N) is 2. The lowest BCUT2D eigenvalue weighted by Gasteiger charge is -2.51. The quantitative estimate of drug-likeness (QED) is 0.529. The summed E-state index contributed by atoms with van der Waals surface area (Å²) in [5, 5.41) is 0. The summed E-state index contributed by atoms with van der Waals surface area (Å²) in [4.78, 5) is 28.8. The van der Waals surface area contributed by atoms with Gasteiger partial charge in [-0.2, -0.15) is 0 Å². The second-order valence-corrected chi connectivity index (χ2v) is 10.1. The molecule has 0 N–H and O–H groups in total. The molecule has 6 atom stereocenters. The maximum Gasteiger partial charge on any atom is 0.409 e. The van der Waals surface area contributed by atoms with Crippen LogP contribution in [0.2, 0.25) is 0 Å². The molecule has 0 aromatic carbocycles. The van der Waals surface area contributed by atoms with Crippen molar-refractivity contribution in [1.82, 2.24) is 9.80 Å². The highest BCUT2D eigenvalue weighted by Crippen LogP contribution is 2.62. The van der Waals surface area contributed by atoms with Gasteiger partial charge in [0.25, 0.3) is 0 Å². The van der Waals surface area contributed by atoms with E-state index in [0.29, 0.717) is 31.5 Å². The first-order valence-electron chi connectivity index (χ1n) is 11.4. The minimum absolute atomic E-state index is 0.0131. The Bertz CT molecular complexity index is 672. The van der Waals surface area contributed by atoms with Crippen LogP contribution in [-0.2, 0) is 19.0 Å². The van der Waals surface area contributed by atoms with Gasteiger partial charge >= 0.3 is 12.1 Å². The lowest BCUT2D eigenvalue weighted by Crippen LogP contribution is -2.53. The van der Waals surface area contributed by atoms with Crippen LogP contribution in [0.15, 0.2) is 0 Å². The van der Waals surface area contributed by atoms with E-state index in [9.17, 15) is 9.59 Å². The summed E-state index contributed by atoms with van der Waals surface area (Å²) in [5.41, 5.74) is 0.343. The van der Waals surface area contributed by atoms with Crippen molar-refractivity contribution in [2.45, 2.75) is 57.7 Å². The van der Waals surface area contributed by atoms with Crippen LogP contribution in [-0.4, -0.2) is 79.5 Å². The van der Waals surface area contributed by atoms with Crippen molar-refractivity contribution in [3.63, 3.8) is 0 Å². The number of rotatable bonds is 3. The van der Waals surface area contributed by atoms with Gasteiger partial charge in [-0.05, 0) is 50.4 Å². The normalized spacial score (nSPS) is 44.2. The fraction of sp³-hybridized carbons (Fsp3) is 0.909. The smallest absolute Gasteiger partial charge is 0.409 e. The first-order valence-corrected chi connectivity index (χ1v) is 11.4. The number of epoxide rings is 1. The van der Waals surface area contributed by atoms with E-state index in [1.54, 1.807) is 4.90 Å². The van der Waals surface area contributed by atoms with Crippen molar-refractivity contribution in [2.75, 3.05) is 45.9 Å². The first-order chi connectivity index (χ1) is 13.9. The Hall–Kier alpha value is -1.34. The van der Waals surface area contributed by atoms with Crippen molar-refractivity contribution in [1.29, 1.82) is 0 Å². The highest BCUT2D eigenvalue weighted by Gasteiger charge is 2.65. The minimum atomic E-state index is -0.230. The van der Waals surface area contributed by atoms with Gasteiger partial charge in [0, 0.05) is 38.6 Å². The molecule has 5 aliphatic rings. The third kappa shape index (κ3) is 3.34. The van der Waals surface area contributed by atoms with E-state index in [1.807, 2.05) is 6.92 Å². The number of amides is 1. The summed E-state index contributed by atoms with van der Waals surface area (Å²) in [7, 11) is 0. The summed E-state index contributed by atoms with van der Waals surface area (Å²) in [5.74, 6) is 0.808. The molecule has 0 aromatic rings. The Morgan fingerprint density at radius 3 is 2.69 bits per heavy atom. The molecule has 1 spiro atoms. The Balaban J connectivity index is 1.23. The summed E-state index contributed by atoms with van der Waals surface area (Å²) in [6.07, 6.45) is 5.53. The second kappa shape index (κ2) is 7.12. The highest BCUT2D eigenvalue weighted by atomic mass is 16.6. The number of hydrogen-bond acceptors (Lipinski definition) is 6. The van der Waals surface area contributed by atoms with Gasteiger partial charge in [0.1, 0.15) is 6.10 Å². The largest absolute Gasteiger partial charge is 0.462 e. The summed E-state index contributed by atoms with van der Waals surface area (Å²) in [6.45, 7) is 9.16. The monoisotopic (exact) mass is 406 g/mol. The zero-order chi connectivity index (χ0) is 20.2. The molecule has 7 heteroatoms. The van der Waals surface area contributed by atoms with Crippen LogP contribution in [0.4, 0.5) is 4.79 Å². The number of hydrogen-bond donors (Lipinski definition) is 0. The molecule has 7 nitrogen and oxygen atoms in total. The van der Waals surface area contributed by atoms with Crippen LogP contribution in [0.1, 0.15) is 46.0 Å². The third-order valence-corrected chi connectivity index (χ3v) is 8.43. The molecule has 0 aromatic heterocycles. The average molecular weight is 407 g/mol. The summed E-state index contributed by atoms with van der Waals surface area (Å²) < 4.78 is 17.0. The molecule has 5 fully saturated rings. The molecule has 162 valence electrons. The van der Waals surface area contributed by atoms with Crippen molar-refractivity contribution in [2.24, 2.45) is 23.2 Å². The lowest BCUT2D eigenvalue weighted by molar-refractivity contribution is -0.147. The molecule has 0 radical (unpaired) electrons. The van der Waals surface area contributed by atoms with Crippen molar-refractivity contribution < 1.29 is 23.8 Å². The number of ether oxygens (including phenoxy) is 3. The van der Waals surface area contributed by atoms with Crippen LogP contribution < -0.4 is 0 Å². The number of esters is 1. The molecule has 1 amide bonds. The van der Waals surface area contributed by atoms with E-state index in [1.165, 1.54) is 19.3 Å². The molecular weight excluding hydrogens is 372 g/mol. The molecule has 2 aliphatic carbocycles. The average Bonchev–Trinajstić information content (AvgIpc) is 3.40. The Morgan fingerprint density at radius 1 is 1.24 bits per heavy atom. The van der Waals surface area contributed by atoms with Crippen LogP contribution in [0.5, 0.6) is 0 Å². The van der Waals surface area contributed by atoms with Crippen LogP contribution in [0, 0.1) is 23.2 Å². The molecule has 5 rings (SSSR count). The van der Waals surface area contributed by atoms with Crippen LogP contribution in [0.3, 0.4) is 0 Å². The first kappa shape index (κ1) is 19.6. The van der Waals surface area contributed by atoms with Crippen molar-refractivity contribution >= 4 is 12.1 Å². The van der Waals surface area contributed by atoms with Crippen LogP contribution in [0.25, 0.3) is 0 Å². The van der Waals surface area contributed by atoms with Crippen molar-refractivity contribution in [3.05, 3.63) is 0 Å². The fourth-order valence-corrected chi connectivity index (χ4v) is 6.77. The van der Waals surface area contributed by atoms with Gasteiger partial charge in [0.2, 0.25) is 0 Å². The molecular formula is C22H34N2O5. The van der Waals surface area contributed by atoms with E-state index in [0.717, 1.165) is 39.1 Å². The number of fused-ring (bicyclic) bond motifs is 3. The predicted octanol–water partition coefficient (Wildman–Crippen LogP) is 2.29. The zero-order valence-corrected chi connectivity index (χ0v) is 17.7. The number of carbonyl (C=O) groups excluding carboxylic acids is 2. The topological polar surface area (TPSA) is 71.6 Å². The van der Waals surface area contributed by atoms with Crippen molar-refractivity contribution in [3.8, 4) is 0 Å². The molecule has 0 unspecified atom stereocenters.